The van der Waals surface area contributed by atoms with Gasteiger partial charge < -0.3 is 19.3 Å². The molecule has 158 valence electrons. The van der Waals surface area contributed by atoms with E-state index in [-0.39, 0.29) is 11.4 Å². The molecule has 1 heterocycles. The minimum atomic E-state index is -0.556. The van der Waals surface area contributed by atoms with Crippen LogP contribution < -0.4 is 14.8 Å². The molecule has 0 radical (unpaired) electrons. The maximum Gasteiger partial charge on any atom is 0.267 e. The van der Waals surface area contributed by atoms with Gasteiger partial charge in [-0.15, -0.1) is 0 Å². The van der Waals surface area contributed by atoms with Gasteiger partial charge in [0.25, 0.3) is 5.91 Å². The summed E-state index contributed by atoms with van der Waals surface area (Å²) in [6.45, 7) is 6.55. The fourth-order valence-electron chi connectivity index (χ4n) is 2.91. The lowest BCUT2D eigenvalue weighted by Gasteiger charge is -2.12. The molecule has 0 fully saturated rings. The second-order valence-corrected chi connectivity index (χ2v) is 6.93. The summed E-state index contributed by atoms with van der Waals surface area (Å²) < 4.78 is 16.4. The van der Waals surface area contributed by atoms with Crippen LogP contribution >= 0.6 is 0 Å². The van der Waals surface area contributed by atoms with E-state index in [4.69, 9.17) is 14.0 Å². The summed E-state index contributed by atoms with van der Waals surface area (Å²) in [7, 11) is 0. The van der Waals surface area contributed by atoms with Crippen LogP contribution in [-0.2, 0) is 4.79 Å². The van der Waals surface area contributed by atoms with Crippen molar-refractivity contribution in [3.63, 3.8) is 0 Å². The van der Waals surface area contributed by atoms with Crippen LogP contribution in [0.5, 0.6) is 11.5 Å². The quantitative estimate of drug-likeness (QED) is 0.327. The first-order valence-electron chi connectivity index (χ1n) is 9.74. The number of anilines is 1. The van der Waals surface area contributed by atoms with Gasteiger partial charge in [0.15, 0.2) is 5.82 Å². The third-order valence-electron chi connectivity index (χ3n) is 4.43. The molecule has 1 aromatic heterocycles. The number of aromatic nitrogens is 1. The van der Waals surface area contributed by atoms with Gasteiger partial charge in [-0.05, 0) is 55.7 Å². The van der Waals surface area contributed by atoms with Crippen molar-refractivity contribution in [2.75, 3.05) is 18.5 Å². The van der Waals surface area contributed by atoms with Crippen LogP contribution in [0.25, 0.3) is 6.08 Å². The molecule has 0 aliphatic heterocycles. The molecule has 7 heteroatoms. The zero-order valence-corrected chi connectivity index (χ0v) is 17.6. The molecular weight excluding hydrogens is 394 g/mol. The fraction of sp³-hybridized carbons (Fsp3) is 0.208. The Morgan fingerprint density at radius 1 is 1.10 bits per heavy atom. The average Bonchev–Trinajstić information content (AvgIpc) is 3.16. The minimum absolute atomic E-state index is 0.0451. The number of benzene rings is 2. The standard InChI is InChI=1S/C24H23N3O4/c1-16-5-4-6-17(2)23(16)30-12-11-29-21-9-7-19(8-10-21)14-20(15-25)24(28)26-22-13-18(3)31-27-22/h4-10,13-14H,11-12H2,1-3H3,(H,26,27,28). The van der Waals surface area contributed by atoms with Crippen LogP contribution in [0.3, 0.4) is 0 Å². The summed E-state index contributed by atoms with van der Waals surface area (Å²) in [4.78, 5) is 12.2. The molecule has 0 saturated carbocycles. The Kier molecular flexibility index (Phi) is 7.07. The van der Waals surface area contributed by atoms with Gasteiger partial charge in [-0.3, -0.25) is 4.79 Å². The zero-order valence-electron chi connectivity index (χ0n) is 17.6. The molecule has 0 spiro atoms. The maximum atomic E-state index is 12.2. The molecule has 0 bridgehead atoms. The van der Waals surface area contributed by atoms with E-state index in [0.717, 1.165) is 16.9 Å². The van der Waals surface area contributed by atoms with Gasteiger partial charge in [0.2, 0.25) is 0 Å². The van der Waals surface area contributed by atoms with Gasteiger partial charge in [-0.1, -0.05) is 35.5 Å². The first-order valence-corrected chi connectivity index (χ1v) is 9.74. The molecule has 3 aromatic rings. The highest BCUT2D eigenvalue weighted by molar-refractivity contribution is 6.09. The second kappa shape index (κ2) is 10.1. The number of ether oxygens (including phenoxy) is 2. The number of hydrogen-bond acceptors (Lipinski definition) is 6. The van der Waals surface area contributed by atoms with Gasteiger partial charge in [-0.2, -0.15) is 5.26 Å². The molecule has 0 aliphatic carbocycles. The minimum Gasteiger partial charge on any atom is -0.490 e. The highest BCUT2D eigenvalue weighted by Gasteiger charge is 2.12. The first kappa shape index (κ1) is 21.7. The summed E-state index contributed by atoms with van der Waals surface area (Å²) in [6, 6.07) is 16.6. The van der Waals surface area contributed by atoms with E-state index in [1.807, 2.05) is 38.1 Å². The van der Waals surface area contributed by atoms with Crippen LogP contribution in [0.4, 0.5) is 5.82 Å². The highest BCUT2D eigenvalue weighted by atomic mass is 16.5. The number of para-hydroxylation sites is 1. The van der Waals surface area contributed by atoms with Crippen LogP contribution in [0.2, 0.25) is 0 Å². The number of carbonyl (C=O) groups is 1. The summed E-state index contributed by atoms with van der Waals surface area (Å²) in [5.41, 5.74) is 2.83. The number of rotatable bonds is 8. The van der Waals surface area contributed by atoms with Crippen LogP contribution in [0, 0.1) is 32.1 Å². The largest absolute Gasteiger partial charge is 0.490 e. The van der Waals surface area contributed by atoms with Gasteiger partial charge in [-0.25, -0.2) is 0 Å². The SMILES string of the molecule is Cc1cc(NC(=O)C(C#N)=Cc2ccc(OCCOc3c(C)cccc3C)cc2)no1. The lowest BCUT2D eigenvalue weighted by Crippen LogP contribution is -2.13. The van der Waals surface area contributed by atoms with Gasteiger partial charge in [0, 0.05) is 6.07 Å². The molecule has 0 aliphatic rings. The lowest BCUT2D eigenvalue weighted by atomic mass is 10.1. The average molecular weight is 417 g/mol. The van der Waals surface area contributed by atoms with Crippen molar-refractivity contribution < 1.29 is 18.8 Å². The van der Waals surface area contributed by atoms with Gasteiger partial charge in [0.1, 0.15) is 42.1 Å². The monoisotopic (exact) mass is 417 g/mol. The van der Waals surface area contributed by atoms with E-state index in [9.17, 15) is 10.1 Å². The molecule has 1 amide bonds. The molecule has 3 rings (SSSR count). The number of hydrogen-bond donors (Lipinski definition) is 1. The molecule has 7 nitrogen and oxygen atoms in total. The van der Waals surface area contributed by atoms with Crippen LogP contribution in [0.15, 0.2) is 58.6 Å². The van der Waals surface area contributed by atoms with Gasteiger partial charge in [0.05, 0.1) is 0 Å². The first-order chi connectivity index (χ1) is 15.0. The number of aryl methyl sites for hydroxylation is 3. The molecule has 2 aromatic carbocycles. The summed E-state index contributed by atoms with van der Waals surface area (Å²) in [5, 5.41) is 15.5. The second-order valence-electron chi connectivity index (χ2n) is 6.93. The van der Waals surface area contributed by atoms with Gasteiger partial charge >= 0.3 is 0 Å². The third kappa shape index (κ3) is 5.97. The van der Waals surface area contributed by atoms with E-state index in [1.165, 1.54) is 6.08 Å². The van der Waals surface area contributed by atoms with E-state index in [2.05, 4.69) is 10.5 Å². The number of carbonyl (C=O) groups excluding carboxylic acids is 1. The lowest BCUT2D eigenvalue weighted by molar-refractivity contribution is -0.112. The van der Waals surface area contributed by atoms with E-state index < -0.39 is 5.91 Å². The molecule has 1 N–H and O–H groups in total. The molecule has 0 unspecified atom stereocenters. The number of nitrogens with one attached hydrogen (secondary N) is 1. The van der Waals surface area contributed by atoms with E-state index >= 15 is 0 Å². The topological polar surface area (TPSA) is 97.4 Å². The summed E-state index contributed by atoms with van der Waals surface area (Å²) in [6.07, 6.45) is 1.50. The predicted molar refractivity (Wildman–Crippen MR) is 117 cm³/mol. The molecule has 0 atom stereocenters. The maximum absolute atomic E-state index is 12.2. The zero-order chi connectivity index (χ0) is 22.2. The van der Waals surface area contributed by atoms with Crippen molar-refractivity contribution in [3.05, 3.63) is 76.6 Å². The van der Waals surface area contributed by atoms with Crippen molar-refractivity contribution in [1.29, 1.82) is 5.26 Å². The van der Waals surface area contributed by atoms with Crippen molar-refractivity contribution in [1.82, 2.24) is 5.16 Å². The predicted octanol–water partition coefficient (Wildman–Crippen LogP) is 4.60. The molecule has 31 heavy (non-hydrogen) atoms. The normalized spacial score (nSPS) is 11.0. The van der Waals surface area contributed by atoms with Crippen molar-refractivity contribution in [2.24, 2.45) is 0 Å². The number of amides is 1. The number of nitrogens with zero attached hydrogens (tertiary/aromatic N) is 2. The van der Waals surface area contributed by atoms with Crippen molar-refractivity contribution >= 4 is 17.8 Å². The third-order valence-corrected chi connectivity index (χ3v) is 4.43. The smallest absolute Gasteiger partial charge is 0.267 e. The van der Waals surface area contributed by atoms with E-state index in [0.29, 0.717) is 30.3 Å². The molecular formula is C24H23N3O4. The summed E-state index contributed by atoms with van der Waals surface area (Å²) >= 11 is 0. The Balaban J connectivity index is 1.54. The fourth-order valence-corrected chi connectivity index (χ4v) is 2.91. The summed E-state index contributed by atoms with van der Waals surface area (Å²) in [5.74, 6) is 1.82. The van der Waals surface area contributed by atoms with Crippen LogP contribution in [-0.4, -0.2) is 24.3 Å². The molecule has 0 saturated heterocycles. The Hall–Kier alpha value is -4.05. The highest BCUT2D eigenvalue weighted by Crippen LogP contribution is 2.22. The van der Waals surface area contributed by atoms with Crippen molar-refractivity contribution in [2.45, 2.75) is 20.8 Å². The van der Waals surface area contributed by atoms with Crippen molar-refractivity contribution in [3.8, 4) is 17.6 Å². The number of nitriles is 1. The Morgan fingerprint density at radius 2 is 1.77 bits per heavy atom. The Labute approximate surface area is 180 Å². The Bertz CT molecular complexity index is 1100. The Morgan fingerprint density at radius 3 is 2.39 bits per heavy atom. The van der Waals surface area contributed by atoms with E-state index in [1.54, 1.807) is 37.3 Å². The van der Waals surface area contributed by atoms with Crippen LogP contribution in [0.1, 0.15) is 22.5 Å².